The van der Waals surface area contributed by atoms with E-state index in [1.807, 2.05) is 6.07 Å². The van der Waals surface area contributed by atoms with Gasteiger partial charge in [-0.1, -0.05) is 35.5 Å². The van der Waals surface area contributed by atoms with Crippen LogP contribution in [0.15, 0.2) is 46.3 Å². The number of benzene rings is 1. The molecule has 1 aliphatic heterocycles. The molecule has 0 saturated heterocycles. The Morgan fingerprint density at radius 3 is 2.79 bits per heavy atom. The molecular weight excluding hydrogens is 342 g/mol. The zero-order valence-corrected chi connectivity index (χ0v) is 15.6. The molecule has 1 aliphatic rings. The number of aliphatic hydroxyl groups excluding tert-OH is 1. The van der Waals surface area contributed by atoms with Gasteiger partial charge in [0.05, 0.1) is 42.9 Å². The lowest BCUT2D eigenvalue weighted by molar-refractivity contribution is -0.890. The number of aliphatic hydroxyl groups is 1. The van der Waals surface area contributed by atoms with Crippen LogP contribution in [0.5, 0.6) is 0 Å². The summed E-state index contributed by atoms with van der Waals surface area (Å²) in [5, 5.41) is 9.85. The van der Waals surface area contributed by atoms with Gasteiger partial charge in [0, 0.05) is 24.1 Å². The number of nitrogens with zero attached hydrogens (tertiary/aromatic N) is 3. The quantitative estimate of drug-likeness (QED) is 0.791. The monoisotopic (exact) mass is 364 g/mol. The number of rotatable bonds is 6. The zero-order valence-electron chi connectivity index (χ0n) is 14.1. The standard InChI is InChI=1S/C18H23ClN3OS/c1-22(2,10-11-23)9-5-8-21-15-6-3-4-7-16(15)24-17-12-14(19)13-20-18(17)21/h3-4,6-7,12-13,23H,5,8-11H2,1-2H3/q+1. The number of anilines is 2. The average molecular weight is 365 g/mol. The third kappa shape index (κ3) is 3.86. The first-order valence-electron chi connectivity index (χ1n) is 8.13. The molecule has 1 N–H and O–H groups in total. The molecule has 0 aliphatic carbocycles. The molecule has 0 bridgehead atoms. The van der Waals surface area contributed by atoms with E-state index in [0.717, 1.165) is 41.3 Å². The van der Waals surface area contributed by atoms with E-state index in [-0.39, 0.29) is 6.61 Å². The van der Waals surface area contributed by atoms with Gasteiger partial charge in [-0.05, 0) is 18.2 Å². The fourth-order valence-corrected chi connectivity index (χ4v) is 4.29. The summed E-state index contributed by atoms with van der Waals surface area (Å²) < 4.78 is 0.821. The second-order valence-electron chi connectivity index (χ2n) is 6.66. The van der Waals surface area contributed by atoms with E-state index in [2.05, 4.69) is 48.2 Å². The minimum absolute atomic E-state index is 0.221. The van der Waals surface area contributed by atoms with Crippen LogP contribution in [0.3, 0.4) is 0 Å². The van der Waals surface area contributed by atoms with Gasteiger partial charge < -0.3 is 14.5 Å². The first-order chi connectivity index (χ1) is 11.5. The molecule has 0 amide bonds. The molecule has 4 nitrogen and oxygen atoms in total. The van der Waals surface area contributed by atoms with Gasteiger partial charge in [0.15, 0.2) is 0 Å². The highest BCUT2D eigenvalue weighted by atomic mass is 35.5. The van der Waals surface area contributed by atoms with Crippen molar-refractivity contribution in [2.45, 2.75) is 16.2 Å². The minimum Gasteiger partial charge on any atom is -0.391 e. The highest BCUT2D eigenvalue weighted by Crippen LogP contribution is 2.47. The maximum Gasteiger partial charge on any atom is 0.147 e. The van der Waals surface area contributed by atoms with Crippen molar-refractivity contribution in [2.24, 2.45) is 0 Å². The zero-order chi connectivity index (χ0) is 17.2. The van der Waals surface area contributed by atoms with Gasteiger partial charge >= 0.3 is 0 Å². The number of halogens is 1. The molecule has 0 unspecified atom stereocenters. The molecule has 24 heavy (non-hydrogen) atoms. The van der Waals surface area contributed by atoms with Gasteiger partial charge in [0.25, 0.3) is 0 Å². The molecule has 1 aromatic carbocycles. The lowest BCUT2D eigenvalue weighted by Crippen LogP contribution is -2.43. The topological polar surface area (TPSA) is 36.4 Å². The van der Waals surface area contributed by atoms with Gasteiger partial charge in [-0.2, -0.15) is 0 Å². The number of hydrogen-bond acceptors (Lipinski definition) is 4. The Morgan fingerprint density at radius 1 is 1.21 bits per heavy atom. The predicted octanol–water partition coefficient (Wildman–Crippen LogP) is 3.80. The molecule has 0 fully saturated rings. The number of likely N-dealkylation sites (N-methyl/N-ethyl adjacent to an activating group) is 1. The number of pyridine rings is 1. The van der Waals surface area contributed by atoms with Gasteiger partial charge in [0.2, 0.25) is 0 Å². The van der Waals surface area contributed by atoms with E-state index in [0.29, 0.717) is 5.02 Å². The molecule has 128 valence electrons. The molecule has 0 radical (unpaired) electrons. The maximum atomic E-state index is 9.18. The van der Waals surface area contributed by atoms with Crippen molar-refractivity contribution in [2.75, 3.05) is 45.2 Å². The predicted molar refractivity (Wildman–Crippen MR) is 100 cm³/mol. The van der Waals surface area contributed by atoms with Gasteiger partial charge in [0.1, 0.15) is 12.4 Å². The van der Waals surface area contributed by atoms with Crippen molar-refractivity contribution in [3.63, 3.8) is 0 Å². The highest BCUT2D eigenvalue weighted by molar-refractivity contribution is 7.99. The summed E-state index contributed by atoms with van der Waals surface area (Å²) in [6.07, 6.45) is 2.74. The van der Waals surface area contributed by atoms with Crippen LogP contribution in [0, 0.1) is 0 Å². The van der Waals surface area contributed by atoms with Crippen LogP contribution in [0.2, 0.25) is 5.02 Å². The summed E-state index contributed by atoms with van der Waals surface area (Å²) in [6.45, 7) is 2.90. The SMILES string of the molecule is C[N+](C)(CCO)CCCN1c2ccccc2Sc2cc(Cl)cnc21. The third-order valence-electron chi connectivity index (χ3n) is 4.28. The smallest absolute Gasteiger partial charge is 0.147 e. The van der Waals surface area contributed by atoms with E-state index in [4.69, 9.17) is 11.6 Å². The highest BCUT2D eigenvalue weighted by Gasteiger charge is 2.25. The lowest BCUT2D eigenvalue weighted by atomic mass is 10.2. The summed E-state index contributed by atoms with van der Waals surface area (Å²) in [6, 6.07) is 10.4. The maximum absolute atomic E-state index is 9.18. The van der Waals surface area contributed by atoms with E-state index >= 15 is 0 Å². The lowest BCUT2D eigenvalue weighted by Gasteiger charge is -2.33. The van der Waals surface area contributed by atoms with Crippen LogP contribution < -0.4 is 4.90 Å². The Kier molecular flexibility index (Phi) is 5.35. The molecule has 0 atom stereocenters. The van der Waals surface area contributed by atoms with Crippen molar-refractivity contribution >= 4 is 34.9 Å². The van der Waals surface area contributed by atoms with Gasteiger partial charge in [-0.15, -0.1) is 0 Å². The number of para-hydroxylation sites is 1. The van der Waals surface area contributed by atoms with Crippen molar-refractivity contribution in [3.8, 4) is 0 Å². The fourth-order valence-electron chi connectivity index (χ4n) is 2.96. The molecule has 0 saturated carbocycles. The Morgan fingerprint density at radius 2 is 2.00 bits per heavy atom. The van der Waals surface area contributed by atoms with Crippen molar-refractivity contribution < 1.29 is 9.59 Å². The van der Waals surface area contributed by atoms with Gasteiger partial charge in [-0.25, -0.2) is 4.98 Å². The molecule has 3 rings (SSSR count). The normalized spacial score (nSPS) is 13.6. The Labute approximate surface area is 152 Å². The minimum atomic E-state index is 0.221. The Balaban J connectivity index is 1.82. The second-order valence-corrected chi connectivity index (χ2v) is 8.18. The first kappa shape index (κ1) is 17.5. The average Bonchev–Trinajstić information content (AvgIpc) is 2.53. The van der Waals surface area contributed by atoms with Crippen LogP contribution in [0.25, 0.3) is 0 Å². The number of hydrogen-bond donors (Lipinski definition) is 1. The number of fused-ring (bicyclic) bond motifs is 2. The number of aromatic nitrogens is 1. The van der Waals surface area contributed by atoms with Crippen molar-refractivity contribution in [1.29, 1.82) is 0 Å². The van der Waals surface area contributed by atoms with Crippen molar-refractivity contribution in [1.82, 2.24) is 4.98 Å². The van der Waals surface area contributed by atoms with Crippen LogP contribution >= 0.6 is 23.4 Å². The van der Waals surface area contributed by atoms with E-state index in [1.165, 1.54) is 10.6 Å². The largest absolute Gasteiger partial charge is 0.391 e. The Bertz CT molecular complexity index is 723. The molecule has 1 aromatic heterocycles. The van der Waals surface area contributed by atoms with Gasteiger partial charge in [-0.3, -0.25) is 0 Å². The summed E-state index contributed by atoms with van der Waals surface area (Å²) in [5.41, 5.74) is 1.21. The van der Waals surface area contributed by atoms with Crippen LogP contribution in [0.1, 0.15) is 6.42 Å². The first-order valence-corrected chi connectivity index (χ1v) is 9.32. The van der Waals surface area contributed by atoms with Crippen LogP contribution in [-0.4, -0.2) is 54.9 Å². The third-order valence-corrected chi connectivity index (χ3v) is 5.57. The molecular formula is C18H23ClN3OS+. The van der Waals surface area contributed by atoms with E-state index in [9.17, 15) is 5.11 Å². The molecule has 0 spiro atoms. The summed E-state index contributed by atoms with van der Waals surface area (Å²) >= 11 is 7.85. The molecule has 2 aromatic rings. The Hall–Kier alpha value is -1.27. The summed E-state index contributed by atoms with van der Waals surface area (Å²) in [7, 11) is 4.31. The molecule has 2 heterocycles. The van der Waals surface area contributed by atoms with Crippen molar-refractivity contribution in [3.05, 3.63) is 41.6 Å². The number of quaternary nitrogens is 1. The molecule has 6 heteroatoms. The van der Waals surface area contributed by atoms with Crippen LogP contribution in [-0.2, 0) is 0 Å². The van der Waals surface area contributed by atoms with E-state index in [1.54, 1.807) is 18.0 Å². The van der Waals surface area contributed by atoms with E-state index < -0.39 is 0 Å². The summed E-state index contributed by atoms with van der Waals surface area (Å²) in [5.74, 6) is 0.982. The second kappa shape index (κ2) is 7.31. The summed E-state index contributed by atoms with van der Waals surface area (Å²) in [4.78, 5) is 9.20. The van der Waals surface area contributed by atoms with Crippen LogP contribution in [0.4, 0.5) is 11.5 Å². The fraction of sp³-hybridized carbons (Fsp3) is 0.389.